The van der Waals surface area contributed by atoms with Gasteiger partial charge in [-0.3, -0.25) is 14.4 Å². The molecule has 7 N–H and O–H groups in total. The molecule has 4 unspecified atom stereocenters. The number of carboxylic acid groups (broad SMARTS) is 1. The zero-order chi connectivity index (χ0) is 26.3. The number of nitrogens with one attached hydrogen (secondary N) is 4. The number of carboxylic acids is 1. The van der Waals surface area contributed by atoms with Gasteiger partial charge in [0.15, 0.2) is 0 Å². The fourth-order valence-corrected chi connectivity index (χ4v) is 3.78. The number of aromatic nitrogens is 1. The SMILES string of the molecule is CC(C)CC(NC(=O)C(NC(=O)C(C)NC(=O)C(N)Cc1c[nH]c2ccccc12)C(C)C)C(=O)O. The smallest absolute Gasteiger partial charge is 0.326 e. The Balaban J connectivity index is 1.97. The van der Waals surface area contributed by atoms with E-state index in [0.717, 1.165) is 16.5 Å². The first-order chi connectivity index (χ1) is 16.4. The van der Waals surface area contributed by atoms with Gasteiger partial charge in [0.25, 0.3) is 0 Å². The van der Waals surface area contributed by atoms with Gasteiger partial charge in [0.2, 0.25) is 17.7 Å². The molecule has 0 aliphatic carbocycles. The lowest BCUT2D eigenvalue weighted by atomic mass is 10.00. The third-order valence-electron chi connectivity index (χ3n) is 5.77. The van der Waals surface area contributed by atoms with Gasteiger partial charge in [-0.15, -0.1) is 0 Å². The number of para-hydroxylation sites is 1. The first-order valence-corrected chi connectivity index (χ1v) is 11.8. The Morgan fingerprint density at radius 1 is 0.943 bits per heavy atom. The van der Waals surface area contributed by atoms with E-state index in [1.165, 1.54) is 6.92 Å². The van der Waals surface area contributed by atoms with E-state index in [4.69, 9.17) is 5.73 Å². The highest BCUT2D eigenvalue weighted by Crippen LogP contribution is 2.18. The summed E-state index contributed by atoms with van der Waals surface area (Å²) in [6, 6.07) is 3.84. The number of aromatic amines is 1. The van der Waals surface area contributed by atoms with Gasteiger partial charge < -0.3 is 31.8 Å². The van der Waals surface area contributed by atoms with Crippen LogP contribution < -0.4 is 21.7 Å². The summed E-state index contributed by atoms with van der Waals surface area (Å²) in [7, 11) is 0. The zero-order valence-electron chi connectivity index (χ0n) is 20.9. The van der Waals surface area contributed by atoms with Crippen LogP contribution in [0.3, 0.4) is 0 Å². The highest BCUT2D eigenvalue weighted by Gasteiger charge is 2.31. The van der Waals surface area contributed by atoms with Crippen molar-refractivity contribution in [3.8, 4) is 0 Å². The number of benzene rings is 1. The fourth-order valence-electron chi connectivity index (χ4n) is 3.78. The molecule has 0 aliphatic heterocycles. The Hall–Kier alpha value is -3.40. The number of hydrogen-bond acceptors (Lipinski definition) is 5. The summed E-state index contributed by atoms with van der Waals surface area (Å²) in [5.74, 6) is -3.03. The third kappa shape index (κ3) is 7.81. The van der Waals surface area contributed by atoms with Crippen LogP contribution in [-0.2, 0) is 25.6 Å². The minimum atomic E-state index is -1.13. The van der Waals surface area contributed by atoms with Crippen molar-refractivity contribution in [3.05, 3.63) is 36.0 Å². The number of amides is 3. The topological polar surface area (TPSA) is 166 Å². The monoisotopic (exact) mass is 487 g/mol. The van der Waals surface area contributed by atoms with E-state index in [0.29, 0.717) is 0 Å². The van der Waals surface area contributed by atoms with Crippen LogP contribution >= 0.6 is 0 Å². The van der Waals surface area contributed by atoms with Crippen LogP contribution in [0.2, 0.25) is 0 Å². The van der Waals surface area contributed by atoms with Crippen molar-refractivity contribution >= 4 is 34.6 Å². The van der Waals surface area contributed by atoms with E-state index in [-0.39, 0.29) is 24.7 Å². The lowest BCUT2D eigenvalue weighted by Crippen LogP contribution is -2.58. The van der Waals surface area contributed by atoms with Gasteiger partial charge in [-0.25, -0.2) is 4.79 Å². The Bertz CT molecular complexity index is 1050. The van der Waals surface area contributed by atoms with E-state index < -0.39 is 47.9 Å². The molecule has 10 nitrogen and oxygen atoms in total. The Morgan fingerprint density at radius 2 is 1.60 bits per heavy atom. The van der Waals surface area contributed by atoms with Crippen LogP contribution in [0.5, 0.6) is 0 Å². The molecule has 0 bridgehead atoms. The van der Waals surface area contributed by atoms with Gasteiger partial charge in [-0.1, -0.05) is 45.9 Å². The molecule has 10 heteroatoms. The number of H-pyrrole nitrogens is 1. The van der Waals surface area contributed by atoms with Gasteiger partial charge in [0.1, 0.15) is 18.1 Å². The predicted molar refractivity (Wildman–Crippen MR) is 133 cm³/mol. The molecule has 2 aromatic rings. The number of aliphatic carboxylic acids is 1. The van der Waals surface area contributed by atoms with Gasteiger partial charge in [0, 0.05) is 17.1 Å². The second kappa shape index (κ2) is 12.3. The molecule has 1 aromatic carbocycles. The Kier molecular flexibility index (Phi) is 9.82. The van der Waals surface area contributed by atoms with Crippen LogP contribution in [0.1, 0.15) is 46.6 Å². The first kappa shape index (κ1) is 27.8. The molecule has 0 spiro atoms. The number of nitrogens with two attached hydrogens (primary N) is 1. The van der Waals surface area contributed by atoms with Crippen LogP contribution in [0.15, 0.2) is 30.5 Å². The maximum absolute atomic E-state index is 12.8. The molecule has 0 radical (unpaired) electrons. The second-order valence-electron chi connectivity index (χ2n) is 9.66. The van der Waals surface area contributed by atoms with E-state index >= 15 is 0 Å². The second-order valence-corrected chi connectivity index (χ2v) is 9.66. The zero-order valence-corrected chi connectivity index (χ0v) is 20.9. The predicted octanol–water partition coefficient (Wildman–Crippen LogP) is 1.30. The summed E-state index contributed by atoms with van der Waals surface area (Å²) >= 11 is 0. The molecule has 2 rings (SSSR count). The van der Waals surface area contributed by atoms with Crippen molar-refractivity contribution in [2.75, 3.05) is 0 Å². The minimum Gasteiger partial charge on any atom is -0.480 e. The lowest BCUT2D eigenvalue weighted by molar-refractivity contribution is -0.143. The summed E-state index contributed by atoms with van der Waals surface area (Å²) in [5.41, 5.74) is 7.93. The van der Waals surface area contributed by atoms with Gasteiger partial charge in [-0.2, -0.15) is 0 Å². The van der Waals surface area contributed by atoms with E-state index in [1.54, 1.807) is 13.8 Å². The highest BCUT2D eigenvalue weighted by atomic mass is 16.4. The van der Waals surface area contributed by atoms with E-state index in [2.05, 4.69) is 20.9 Å². The molecule has 192 valence electrons. The molecular weight excluding hydrogens is 450 g/mol. The molecular formula is C25H37N5O5. The van der Waals surface area contributed by atoms with Crippen LogP contribution in [-0.4, -0.2) is 57.9 Å². The average molecular weight is 488 g/mol. The van der Waals surface area contributed by atoms with Crippen LogP contribution in [0.4, 0.5) is 0 Å². The van der Waals surface area contributed by atoms with Crippen LogP contribution in [0, 0.1) is 11.8 Å². The summed E-state index contributed by atoms with van der Waals surface area (Å²) in [6.45, 7) is 8.70. The Morgan fingerprint density at radius 3 is 2.20 bits per heavy atom. The largest absolute Gasteiger partial charge is 0.480 e. The van der Waals surface area contributed by atoms with Gasteiger partial charge in [-0.05, 0) is 43.2 Å². The maximum Gasteiger partial charge on any atom is 0.326 e. The summed E-state index contributed by atoms with van der Waals surface area (Å²) < 4.78 is 0. The molecule has 1 heterocycles. The number of fused-ring (bicyclic) bond motifs is 1. The lowest BCUT2D eigenvalue weighted by Gasteiger charge is -2.26. The van der Waals surface area contributed by atoms with Crippen molar-refractivity contribution in [2.24, 2.45) is 17.6 Å². The highest BCUT2D eigenvalue weighted by molar-refractivity contribution is 5.94. The minimum absolute atomic E-state index is 0.0622. The van der Waals surface area contributed by atoms with Crippen molar-refractivity contribution in [1.29, 1.82) is 0 Å². The number of rotatable bonds is 12. The molecule has 0 aliphatic rings. The van der Waals surface area contributed by atoms with Crippen molar-refractivity contribution < 1.29 is 24.3 Å². The standard InChI is InChI=1S/C25H37N5O5/c1-13(2)10-20(25(34)35)29-24(33)21(14(3)4)30-22(31)15(5)28-23(32)18(26)11-16-12-27-19-9-7-6-8-17(16)19/h6-9,12-15,18,20-21,27H,10-11,26H2,1-5H3,(H,28,32)(H,29,33)(H,30,31)(H,34,35). The maximum atomic E-state index is 12.8. The van der Waals surface area contributed by atoms with Crippen molar-refractivity contribution in [1.82, 2.24) is 20.9 Å². The normalized spacial score (nSPS) is 14.9. The van der Waals surface area contributed by atoms with E-state index in [9.17, 15) is 24.3 Å². The van der Waals surface area contributed by atoms with Crippen molar-refractivity contribution in [3.63, 3.8) is 0 Å². The number of carbonyl (C=O) groups is 4. The molecule has 35 heavy (non-hydrogen) atoms. The Labute approximate surface area is 205 Å². The van der Waals surface area contributed by atoms with Crippen molar-refractivity contribution in [2.45, 2.75) is 71.6 Å². The average Bonchev–Trinajstić information content (AvgIpc) is 3.18. The number of hydrogen-bond donors (Lipinski definition) is 6. The number of carbonyl (C=O) groups excluding carboxylic acids is 3. The quantitative estimate of drug-likeness (QED) is 0.264. The molecule has 4 atom stereocenters. The van der Waals surface area contributed by atoms with Crippen LogP contribution in [0.25, 0.3) is 10.9 Å². The first-order valence-electron chi connectivity index (χ1n) is 11.8. The molecule has 0 fully saturated rings. The molecule has 0 saturated carbocycles. The summed E-state index contributed by atoms with van der Waals surface area (Å²) in [4.78, 5) is 52.8. The van der Waals surface area contributed by atoms with Gasteiger partial charge >= 0.3 is 5.97 Å². The van der Waals surface area contributed by atoms with E-state index in [1.807, 2.05) is 44.3 Å². The summed E-state index contributed by atoms with van der Waals surface area (Å²) in [5, 5.41) is 18.1. The third-order valence-corrected chi connectivity index (χ3v) is 5.77. The summed E-state index contributed by atoms with van der Waals surface area (Å²) in [6.07, 6.45) is 2.36. The van der Waals surface area contributed by atoms with Gasteiger partial charge in [0.05, 0.1) is 6.04 Å². The fraction of sp³-hybridized carbons (Fsp3) is 0.520. The molecule has 3 amide bonds. The molecule has 0 saturated heterocycles. The molecule has 1 aromatic heterocycles.